The summed E-state index contributed by atoms with van der Waals surface area (Å²) >= 11 is 0. The molecular formula is C25H31NO6. The molecule has 0 fully saturated rings. The minimum absolute atomic E-state index is 0.0498. The molecule has 0 atom stereocenters. The number of hydrogen-bond acceptors (Lipinski definition) is 7. The van der Waals surface area contributed by atoms with Crippen molar-refractivity contribution in [3.8, 4) is 0 Å². The molecule has 0 aliphatic carbocycles. The van der Waals surface area contributed by atoms with Gasteiger partial charge >= 0.3 is 17.9 Å². The topological polar surface area (TPSA) is 82.1 Å². The number of ether oxygens (including phenoxy) is 3. The summed E-state index contributed by atoms with van der Waals surface area (Å²) in [6.07, 6.45) is 3.36. The van der Waals surface area contributed by atoms with Gasteiger partial charge in [0.2, 0.25) is 0 Å². The molecule has 0 heterocycles. The van der Waals surface area contributed by atoms with E-state index in [1.807, 2.05) is 49.3 Å². The van der Waals surface area contributed by atoms with Gasteiger partial charge in [0.15, 0.2) is 0 Å². The Labute approximate surface area is 189 Å². The highest BCUT2D eigenvalue weighted by atomic mass is 16.6. The summed E-state index contributed by atoms with van der Waals surface area (Å²) in [6.45, 7) is 11.0. The van der Waals surface area contributed by atoms with E-state index in [1.165, 1.54) is 19.9 Å². The fourth-order valence-electron chi connectivity index (χ4n) is 2.16. The molecule has 7 nitrogen and oxygen atoms in total. The second-order valence-electron chi connectivity index (χ2n) is 7.33. The maximum atomic E-state index is 12.5. The predicted octanol–water partition coefficient (Wildman–Crippen LogP) is 3.69. The largest absolute Gasteiger partial charge is 0.462 e. The molecule has 1 aromatic carbocycles. The summed E-state index contributed by atoms with van der Waals surface area (Å²) in [6, 6.07) is 9.34. The standard InChI is InChI=1S/C25H31NO6/c1-18(2)23(27)32-22(13-12-21-10-8-7-9-11-21)20(4)25(29)30-16-14-19(3)24(28)31-17-15-26(5)6/h7-13H,1,3,14-17H2,2,4-6H3. The predicted molar refractivity (Wildman–Crippen MR) is 123 cm³/mol. The molecule has 0 radical (unpaired) electrons. The number of esters is 3. The smallest absolute Gasteiger partial charge is 0.338 e. The first-order chi connectivity index (χ1) is 15.1. The zero-order valence-electron chi connectivity index (χ0n) is 19.2. The van der Waals surface area contributed by atoms with Crippen molar-refractivity contribution in [2.45, 2.75) is 20.3 Å². The van der Waals surface area contributed by atoms with Gasteiger partial charge in [-0.05, 0) is 39.6 Å². The number of rotatable bonds is 12. The fourth-order valence-corrected chi connectivity index (χ4v) is 2.16. The molecule has 7 heteroatoms. The van der Waals surface area contributed by atoms with Gasteiger partial charge in [-0.15, -0.1) is 0 Å². The SMILES string of the molecule is C=C(C)C(=O)OC(C=Cc1ccccc1)=C(C)C(=O)OCCC(=C)C(=O)OCCN(C)C. The molecule has 0 unspecified atom stereocenters. The minimum Gasteiger partial charge on any atom is -0.462 e. The van der Waals surface area contributed by atoms with Crippen LogP contribution in [0, 0.1) is 0 Å². The Hall–Kier alpha value is -3.45. The van der Waals surface area contributed by atoms with Crippen molar-refractivity contribution in [2.75, 3.05) is 33.9 Å². The summed E-state index contributed by atoms with van der Waals surface area (Å²) in [5.74, 6) is -1.81. The van der Waals surface area contributed by atoms with E-state index in [0.29, 0.717) is 6.54 Å². The molecule has 0 spiro atoms. The average Bonchev–Trinajstić information content (AvgIpc) is 2.75. The van der Waals surface area contributed by atoms with E-state index in [0.717, 1.165) is 5.56 Å². The Bertz CT molecular complexity index is 896. The second kappa shape index (κ2) is 13.8. The van der Waals surface area contributed by atoms with E-state index >= 15 is 0 Å². The van der Waals surface area contributed by atoms with Crippen molar-refractivity contribution in [3.63, 3.8) is 0 Å². The Balaban J connectivity index is 2.76. The summed E-state index contributed by atoms with van der Waals surface area (Å²) in [7, 11) is 3.74. The first-order valence-corrected chi connectivity index (χ1v) is 10.1. The molecule has 1 aromatic rings. The van der Waals surface area contributed by atoms with E-state index in [4.69, 9.17) is 14.2 Å². The zero-order chi connectivity index (χ0) is 24.1. The molecule has 0 aromatic heterocycles. The van der Waals surface area contributed by atoms with Gasteiger partial charge in [0, 0.05) is 24.1 Å². The molecule has 32 heavy (non-hydrogen) atoms. The van der Waals surface area contributed by atoms with Crippen molar-refractivity contribution in [3.05, 3.63) is 77.6 Å². The number of carbonyl (C=O) groups excluding carboxylic acids is 3. The maximum absolute atomic E-state index is 12.5. The molecule has 0 aliphatic heterocycles. The number of carbonyl (C=O) groups is 3. The van der Waals surface area contributed by atoms with Crippen LogP contribution < -0.4 is 0 Å². The number of hydrogen-bond donors (Lipinski definition) is 0. The van der Waals surface area contributed by atoms with Crippen LogP contribution in [-0.4, -0.2) is 56.7 Å². The van der Waals surface area contributed by atoms with Crippen LogP contribution in [0.15, 0.2) is 72.0 Å². The Morgan fingerprint density at radius 2 is 1.56 bits per heavy atom. The van der Waals surface area contributed by atoms with Crippen LogP contribution in [0.5, 0.6) is 0 Å². The lowest BCUT2D eigenvalue weighted by Gasteiger charge is -2.12. The van der Waals surface area contributed by atoms with E-state index in [-0.39, 0.29) is 42.1 Å². The maximum Gasteiger partial charge on any atom is 0.338 e. The third-order valence-corrected chi connectivity index (χ3v) is 4.15. The summed E-state index contributed by atoms with van der Waals surface area (Å²) in [5.41, 5.74) is 1.37. The Kier molecular flexibility index (Phi) is 11.4. The van der Waals surface area contributed by atoms with Crippen molar-refractivity contribution in [2.24, 2.45) is 0 Å². The van der Waals surface area contributed by atoms with Crippen LogP contribution in [0.25, 0.3) is 6.08 Å². The molecular weight excluding hydrogens is 410 g/mol. The molecule has 0 bridgehead atoms. The summed E-state index contributed by atoms with van der Waals surface area (Å²) < 4.78 is 15.6. The highest BCUT2D eigenvalue weighted by Gasteiger charge is 2.17. The second-order valence-corrected chi connectivity index (χ2v) is 7.33. The molecule has 0 aliphatic rings. The highest BCUT2D eigenvalue weighted by Crippen LogP contribution is 2.15. The molecule has 172 valence electrons. The fraction of sp³-hybridized carbons (Fsp3) is 0.320. The lowest BCUT2D eigenvalue weighted by molar-refractivity contribution is -0.142. The number of allylic oxidation sites excluding steroid dienone is 1. The summed E-state index contributed by atoms with van der Waals surface area (Å²) in [5, 5.41) is 0. The van der Waals surface area contributed by atoms with Gasteiger partial charge in [0.05, 0.1) is 12.2 Å². The Morgan fingerprint density at radius 3 is 2.16 bits per heavy atom. The zero-order valence-corrected chi connectivity index (χ0v) is 19.2. The van der Waals surface area contributed by atoms with Crippen molar-refractivity contribution in [1.29, 1.82) is 0 Å². The van der Waals surface area contributed by atoms with Gasteiger partial charge in [-0.25, -0.2) is 14.4 Å². The quantitative estimate of drug-likeness (QED) is 0.161. The number of nitrogens with zero attached hydrogens (tertiary/aromatic N) is 1. The van der Waals surface area contributed by atoms with Crippen LogP contribution in [0.3, 0.4) is 0 Å². The van der Waals surface area contributed by atoms with E-state index < -0.39 is 17.9 Å². The first kappa shape index (κ1) is 26.6. The lowest BCUT2D eigenvalue weighted by Crippen LogP contribution is -2.21. The van der Waals surface area contributed by atoms with E-state index in [9.17, 15) is 14.4 Å². The summed E-state index contributed by atoms with van der Waals surface area (Å²) in [4.78, 5) is 38.2. The van der Waals surface area contributed by atoms with Gasteiger partial charge in [0.25, 0.3) is 0 Å². The molecule has 0 N–H and O–H groups in total. The van der Waals surface area contributed by atoms with Crippen LogP contribution in [0.4, 0.5) is 0 Å². The third-order valence-electron chi connectivity index (χ3n) is 4.15. The average molecular weight is 442 g/mol. The minimum atomic E-state index is -0.680. The number of likely N-dealkylation sites (N-methyl/N-ethyl adjacent to an activating group) is 1. The number of benzene rings is 1. The van der Waals surface area contributed by atoms with Crippen LogP contribution in [0.1, 0.15) is 25.8 Å². The first-order valence-electron chi connectivity index (χ1n) is 10.1. The lowest BCUT2D eigenvalue weighted by atomic mass is 10.1. The monoisotopic (exact) mass is 441 g/mol. The molecule has 0 saturated heterocycles. The normalized spacial score (nSPS) is 11.7. The highest BCUT2D eigenvalue weighted by molar-refractivity contribution is 5.92. The van der Waals surface area contributed by atoms with E-state index in [2.05, 4.69) is 13.2 Å². The third kappa shape index (κ3) is 10.0. The van der Waals surface area contributed by atoms with Crippen LogP contribution in [0.2, 0.25) is 0 Å². The molecule has 0 amide bonds. The van der Waals surface area contributed by atoms with Crippen molar-refractivity contribution >= 4 is 24.0 Å². The van der Waals surface area contributed by atoms with Crippen LogP contribution >= 0.6 is 0 Å². The Morgan fingerprint density at radius 1 is 0.938 bits per heavy atom. The van der Waals surface area contributed by atoms with Crippen LogP contribution in [-0.2, 0) is 28.6 Å². The van der Waals surface area contributed by atoms with Gasteiger partial charge < -0.3 is 19.1 Å². The van der Waals surface area contributed by atoms with Crippen molar-refractivity contribution in [1.82, 2.24) is 4.90 Å². The van der Waals surface area contributed by atoms with Crippen molar-refractivity contribution < 1.29 is 28.6 Å². The van der Waals surface area contributed by atoms with Gasteiger partial charge in [-0.1, -0.05) is 49.6 Å². The van der Waals surface area contributed by atoms with E-state index in [1.54, 1.807) is 6.08 Å². The van der Waals surface area contributed by atoms with Gasteiger partial charge in [0.1, 0.15) is 12.4 Å². The van der Waals surface area contributed by atoms with Gasteiger partial charge in [-0.2, -0.15) is 0 Å². The van der Waals surface area contributed by atoms with Gasteiger partial charge in [-0.3, -0.25) is 0 Å². The molecule has 0 saturated carbocycles. The molecule has 1 rings (SSSR count).